The van der Waals surface area contributed by atoms with Crippen LogP contribution in [0.3, 0.4) is 0 Å². The van der Waals surface area contributed by atoms with Crippen molar-refractivity contribution in [1.82, 2.24) is 10.5 Å². The second-order valence-electron chi connectivity index (χ2n) is 4.86. The summed E-state index contributed by atoms with van der Waals surface area (Å²) in [7, 11) is 0. The molecule has 1 amide bonds. The average molecular weight is 293 g/mol. The van der Waals surface area contributed by atoms with Gasteiger partial charge in [-0.1, -0.05) is 24.3 Å². The summed E-state index contributed by atoms with van der Waals surface area (Å²) in [6, 6.07) is 16.9. The molecule has 22 heavy (non-hydrogen) atoms. The quantitative estimate of drug-likeness (QED) is 0.511. The van der Waals surface area contributed by atoms with Gasteiger partial charge < -0.3 is 5.32 Å². The molecule has 0 bridgehead atoms. The first-order chi connectivity index (χ1) is 10.8. The number of rotatable bonds is 4. The van der Waals surface area contributed by atoms with Crippen LogP contribution < -0.4 is 10.8 Å². The molecule has 0 fully saturated rings. The van der Waals surface area contributed by atoms with Crippen LogP contribution in [0.15, 0.2) is 60.8 Å². The molecular formula is C17H15N3O2. The van der Waals surface area contributed by atoms with E-state index in [1.54, 1.807) is 35.9 Å². The first-order valence-corrected chi connectivity index (χ1v) is 6.89. The first kappa shape index (κ1) is 14.0. The van der Waals surface area contributed by atoms with Gasteiger partial charge in [-0.15, -0.1) is 0 Å². The molecule has 1 heterocycles. The fourth-order valence-corrected chi connectivity index (χ4v) is 2.31. The van der Waals surface area contributed by atoms with E-state index < -0.39 is 5.91 Å². The Balaban J connectivity index is 1.75. The van der Waals surface area contributed by atoms with E-state index in [0.29, 0.717) is 12.1 Å². The Hall–Kier alpha value is -2.92. The summed E-state index contributed by atoms with van der Waals surface area (Å²) in [5.74, 6) is -0.523. The lowest BCUT2D eigenvalue weighted by molar-refractivity contribution is 0.0706. The minimum absolute atomic E-state index is 0.403. The zero-order valence-electron chi connectivity index (χ0n) is 11.8. The number of carbonyl (C=O) groups is 1. The van der Waals surface area contributed by atoms with Gasteiger partial charge >= 0.3 is 0 Å². The Kier molecular flexibility index (Phi) is 3.98. The maximum atomic E-state index is 11.3. The number of anilines is 1. The van der Waals surface area contributed by atoms with Crippen molar-refractivity contribution in [2.45, 2.75) is 6.54 Å². The second kappa shape index (κ2) is 6.24. The van der Waals surface area contributed by atoms with Crippen LogP contribution in [0.4, 0.5) is 5.69 Å². The predicted molar refractivity (Wildman–Crippen MR) is 84.8 cm³/mol. The monoisotopic (exact) mass is 293 g/mol. The number of carbonyl (C=O) groups excluding carboxylic acids is 1. The number of aromatic nitrogens is 1. The standard InChI is InChI=1S/C17H15N3O2/c21-17(20-22)13-6-8-15(9-7-13)19-11-14-4-1-3-12-5-2-10-18-16(12)14/h1-10,19,22H,11H2,(H,20,21). The molecule has 2 aromatic carbocycles. The van der Waals surface area contributed by atoms with E-state index in [4.69, 9.17) is 5.21 Å². The van der Waals surface area contributed by atoms with Gasteiger partial charge in [-0.05, 0) is 35.9 Å². The van der Waals surface area contributed by atoms with E-state index in [1.165, 1.54) is 0 Å². The van der Waals surface area contributed by atoms with E-state index in [2.05, 4.69) is 10.3 Å². The maximum absolute atomic E-state index is 11.3. The van der Waals surface area contributed by atoms with Gasteiger partial charge in [0.1, 0.15) is 0 Å². The SMILES string of the molecule is O=C(NO)c1ccc(NCc2cccc3cccnc23)cc1. The zero-order chi connectivity index (χ0) is 15.4. The van der Waals surface area contributed by atoms with Crippen molar-refractivity contribution >= 4 is 22.5 Å². The lowest BCUT2D eigenvalue weighted by Crippen LogP contribution is -2.18. The zero-order valence-corrected chi connectivity index (χ0v) is 11.8. The first-order valence-electron chi connectivity index (χ1n) is 6.89. The van der Waals surface area contributed by atoms with E-state index >= 15 is 0 Å². The highest BCUT2D eigenvalue weighted by Gasteiger charge is 2.04. The maximum Gasteiger partial charge on any atom is 0.274 e. The summed E-state index contributed by atoms with van der Waals surface area (Å²) in [6.45, 7) is 0.639. The van der Waals surface area contributed by atoms with Crippen LogP contribution in [0, 0.1) is 0 Å². The Morgan fingerprint density at radius 3 is 2.59 bits per heavy atom. The van der Waals surface area contributed by atoms with Crippen LogP contribution in [0.1, 0.15) is 15.9 Å². The van der Waals surface area contributed by atoms with Crippen molar-refractivity contribution in [3.8, 4) is 0 Å². The summed E-state index contributed by atoms with van der Waals surface area (Å²) in [4.78, 5) is 15.7. The number of amides is 1. The molecule has 0 aliphatic carbocycles. The Morgan fingerprint density at radius 1 is 1.05 bits per heavy atom. The predicted octanol–water partition coefficient (Wildman–Crippen LogP) is 2.97. The highest BCUT2D eigenvalue weighted by atomic mass is 16.5. The third-order valence-corrected chi connectivity index (χ3v) is 3.45. The van der Waals surface area contributed by atoms with Crippen molar-refractivity contribution in [1.29, 1.82) is 0 Å². The van der Waals surface area contributed by atoms with Crippen molar-refractivity contribution in [2.24, 2.45) is 0 Å². The molecule has 1 aromatic heterocycles. The number of nitrogens with zero attached hydrogens (tertiary/aromatic N) is 1. The Bertz CT molecular complexity index is 795. The summed E-state index contributed by atoms with van der Waals surface area (Å²) in [5.41, 5.74) is 4.99. The second-order valence-corrected chi connectivity index (χ2v) is 4.86. The van der Waals surface area contributed by atoms with Crippen LogP contribution >= 0.6 is 0 Å². The number of benzene rings is 2. The summed E-state index contributed by atoms with van der Waals surface area (Å²) in [6.07, 6.45) is 1.79. The molecule has 5 nitrogen and oxygen atoms in total. The van der Waals surface area contributed by atoms with Gasteiger partial charge in [-0.3, -0.25) is 15.0 Å². The molecule has 0 spiro atoms. The number of nitrogens with one attached hydrogen (secondary N) is 2. The number of hydroxylamine groups is 1. The van der Waals surface area contributed by atoms with Crippen molar-refractivity contribution in [3.05, 3.63) is 71.9 Å². The van der Waals surface area contributed by atoms with Gasteiger partial charge in [-0.2, -0.15) is 0 Å². The molecular weight excluding hydrogens is 278 g/mol. The molecule has 5 heteroatoms. The van der Waals surface area contributed by atoms with E-state index in [-0.39, 0.29) is 0 Å². The fourth-order valence-electron chi connectivity index (χ4n) is 2.31. The lowest BCUT2D eigenvalue weighted by Gasteiger charge is -2.09. The van der Waals surface area contributed by atoms with Gasteiger partial charge in [0, 0.05) is 29.4 Å². The molecule has 0 saturated carbocycles. The van der Waals surface area contributed by atoms with Gasteiger partial charge in [0.25, 0.3) is 5.91 Å². The van der Waals surface area contributed by atoms with Crippen LogP contribution in [0.5, 0.6) is 0 Å². The van der Waals surface area contributed by atoms with E-state index in [1.807, 2.05) is 30.3 Å². The van der Waals surface area contributed by atoms with Gasteiger partial charge in [0.2, 0.25) is 0 Å². The Labute approximate surface area is 127 Å². The minimum atomic E-state index is -0.523. The number of pyridine rings is 1. The highest BCUT2D eigenvalue weighted by molar-refractivity contribution is 5.93. The molecule has 3 aromatic rings. The number of hydrogen-bond acceptors (Lipinski definition) is 4. The van der Waals surface area contributed by atoms with E-state index in [0.717, 1.165) is 22.2 Å². The van der Waals surface area contributed by atoms with Gasteiger partial charge in [-0.25, -0.2) is 5.48 Å². The molecule has 0 aliphatic heterocycles. The van der Waals surface area contributed by atoms with Crippen molar-refractivity contribution in [3.63, 3.8) is 0 Å². The third kappa shape index (κ3) is 2.89. The summed E-state index contributed by atoms with van der Waals surface area (Å²) >= 11 is 0. The van der Waals surface area contributed by atoms with E-state index in [9.17, 15) is 4.79 Å². The summed E-state index contributed by atoms with van der Waals surface area (Å²) in [5, 5.41) is 13.0. The third-order valence-electron chi connectivity index (χ3n) is 3.45. The smallest absolute Gasteiger partial charge is 0.274 e. The van der Waals surface area contributed by atoms with Crippen LogP contribution in [-0.4, -0.2) is 16.1 Å². The van der Waals surface area contributed by atoms with Gasteiger partial charge in [0.05, 0.1) is 5.52 Å². The van der Waals surface area contributed by atoms with Crippen molar-refractivity contribution < 1.29 is 10.0 Å². The van der Waals surface area contributed by atoms with Crippen LogP contribution in [-0.2, 0) is 6.54 Å². The van der Waals surface area contributed by atoms with Crippen molar-refractivity contribution in [2.75, 3.05) is 5.32 Å². The molecule has 0 atom stereocenters. The number of para-hydroxylation sites is 1. The molecule has 3 rings (SSSR count). The lowest BCUT2D eigenvalue weighted by atomic mass is 10.1. The fraction of sp³-hybridized carbons (Fsp3) is 0.0588. The molecule has 110 valence electrons. The van der Waals surface area contributed by atoms with Gasteiger partial charge in [0.15, 0.2) is 0 Å². The molecule has 0 radical (unpaired) electrons. The van der Waals surface area contributed by atoms with Crippen LogP contribution in [0.25, 0.3) is 10.9 Å². The normalized spacial score (nSPS) is 10.4. The molecule has 0 aliphatic rings. The van der Waals surface area contributed by atoms with Crippen LogP contribution in [0.2, 0.25) is 0 Å². The minimum Gasteiger partial charge on any atom is -0.381 e. The average Bonchev–Trinajstić information content (AvgIpc) is 2.59. The highest BCUT2D eigenvalue weighted by Crippen LogP contribution is 2.18. The summed E-state index contributed by atoms with van der Waals surface area (Å²) < 4.78 is 0. The Morgan fingerprint density at radius 2 is 1.82 bits per heavy atom. The molecule has 0 saturated heterocycles. The molecule has 3 N–H and O–H groups in total. The topological polar surface area (TPSA) is 74.2 Å². The number of hydrogen-bond donors (Lipinski definition) is 3. The largest absolute Gasteiger partial charge is 0.381 e. The number of fused-ring (bicyclic) bond motifs is 1. The molecule has 0 unspecified atom stereocenters.